The molecule has 8 heteroatoms. The van der Waals surface area contributed by atoms with Crippen LogP contribution in [0.3, 0.4) is 0 Å². The highest BCUT2D eigenvalue weighted by molar-refractivity contribution is 7.07. The number of likely N-dealkylation sites (tertiary alicyclic amines) is 1. The van der Waals surface area contributed by atoms with Crippen molar-refractivity contribution in [3.63, 3.8) is 0 Å². The van der Waals surface area contributed by atoms with Gasteiger partial charge in [0.05, 0.1) is 6.54 Å². The van der Waals surface area contributed by atoms with E-state index in [4.69, 9.17) is 5.73 Å². The second kappa shape index (κ2) is 10.2. The molecule has 1 aromatic rings. The van der Waals surface area contributed by atoms with Gasteiger partial charge in [0.1, 0.15) is 0 Å². The largest absolute Gasteiger partial charge is 0.339 e. The number of thiophene rings is 1. The zero-order valence-corrected chi connectivity index (χ0v) is 18.2. The summed E-state index contributed by atoms with van der Waals surface area (Å²) in [7, 11) is 0. The average molecular weight is 423 g/mol. The average Bonchev–Trinajstić information content (AvgIpc) is 3.04. The van der Waals surface area contributed by atoms with E-state index in [2.05, 4.69) is 40.5 Å². The standard InChI is InChI=1S/C18H30N4OS.2ClH/c1-18(2)14-21(5-3-16(18)19)12-17(23)22-8-6-20(7-9-22)11-15-4-10-24-13-15;;/h4,10,13,16H,3,5-9,11-12,14,19H2,1-2H3;2*1H. The van der Waals surface area contributed by atoms with E-state index in [1.807, 2.05) is 4.90 Å². The van der Waals surface area contributed by atoms with Gasteiger partial charge in [0.25, 0.3) is 0 Å². The van der Waals surface area contributed by atoms with Gasteiger partial charge in [-0.1, -0.05) is 13.8 Å². The first kappa shape index (κ1) is 23.7. The van der Waals surface area contributed by atoms with Crippen molar-refractivity contribution in [2.75, 3.05) is 45.8 Å². The molecule has 0 radical (unpaired) electrons. The predicted octanol–water partition coefficient (Wildman–Crippen LogP) is 2.30. The molecule has 150 valence electrons. The topological polar surface area (TPSA) is 52.8 Å². The fourth-order valence-corrected chi connectivity index (χ4v) is 4.37. The third-order valence-corrected chi connectivity index (χ3v) is 6.19. The molecule has 26 heavy (non-hydrogen) atoms. The SMILES string of the molecule is CC1(C)CN(CC(=O)N2CCN(Cc3ccsc3)CC2)CCC1N.Cl.Cl. The fraction of sp³-hybridized carbons (Fsp3) is 0.722. The van der Waals surface area contributed by atoms with Gasteiger partial charge in [-0.25, -0.2) is 0 Å². The summed E-state index contributed by atoms with van der Waals surface area (Å²) in [4.78, 5) is 19.4. The molecule has 2 saturated heterocycles. The predicted molar refractivity (Wildman–Crippen MR) is 113 cm³/mol. The van der Waals surface area contributed by atoms with Crippen molar-refractivity contribution in [1.82, 2.24) is 14.7 Å². The molecule has 1 amide bonds. The van der Waals surface area contributed by atoms with Crippen LogP contribution in [0.5, 0.6) is 0 Å². The number of amides is 1. The minimum Gasteiger partial charge on any atom is -0.339 e. The minimum atomic E-state index is 0. The lowest BCUT2D eigenvalue weighted by Crippen LogP contribution is -2.56. The second-order valence-electron chi connectivity index (χ2n) is 7.88. The number of piperidine rings is 1. The number of nitrogens with zero attached hydrogens (tertiary/aromatic N) is 3. The Balaban J connectivity index is 0.00000169. The molecule has 0 saturated carbocycles. The lowest BCUT2D eigenvalue weighted by atomic mass is 9.80. The molecule has 0 spiro atoms. The van der Waals surface area contributed by atoms with Crippen molar-refractivity contribution in [3.8, 4) is 0 Å². The minimum absolute atomic E-state index is 0. The van der Waals surface area contributed by atoms with Crippen LogP contribution in [-0.2, 0) is 11.3 Å². The number of halogens is 2. The number of nitrogens with two attached hydrogens (primary N) is 1. The van der Waals surface area contributed by atoms with Gasteiger partial charge in [-0.15, -0.1) is 24.8 Å². The van der Waals surface area contributed by atoms with Gasteiger partial charge in [0.15, 0.2) is 0 Å². The van der Waals surface area contributed by atoms with Gasteiger partial charge >= 0.3 is 0 Å². The Morgan fingerprint density at radius 1 is 1.19 bits per heavy atom. The summed E-state index contributed by atoms with van der Waals surface area (Å²) in [5.74, 6) is 0.274. The first-order chi connectivity index (χ1) is 11.4. The monoisotopic (exact) mass is 422 g/mol. The lowest BCUT2D eigenvalue weighted by Gasteiger charge is -2.43. The molecule has 0 aromatic carbocycles. The van der Waals surface area contributed by atoms with E-state index in [9.17, 15) is 4.79 Å². The first-order valence-corrected chi connectivity index (χ1v) is 9.87. The molecule has 3 heterocycles. The van der Waals surface area contributed by atoms with Crippen LogP contribution in [0, 0.1) is 5.41 Å². The molecule has 1 atom stereocenters. The number of hydrogen-bond acceptors (Lipinski definition) is 5. The first-order valence-electron chi connectivity index (χ1n) is 8.93. The smallest absolute Gasteiger partial charge is 0.236 e. The molecular formula is C18H32Cl2N4OS. The van der Waals surface area contributed by atoms with E-state index < -0.39 is 0 Å². The van der Waals surface area contributed by atoms with Crippen molar-refractivity contribution in [3.05, 3.63) is 22.4 Å². The van der Waals surface area contributed by atoms with E-state index >= 15 is 0 Å². The molecule has 3 rings (SSSR count). The van der Waals surface area contributed by atoms with Gasteiger partial charge in [-0.2, -0.15) is 11.3 Å². The Hall–Kier alpha value is -0.370. The van der Waals surface area contributed by atoms with E-state index in [0.717, 1.165) is 52.2 Å². The van der Waals surface area contributed by atoms with E-state index in [1.165, 1.54) is 5.56 Å². The van der Waals surface area contributed by atoms with Crippen molar-refractivity contribution < 1.29 is 4.79 Å². The van der Waals surface area contributed by atoms with E-state index in [-0.39, 0.29) is 42.2 Å². The van der Waals surface area contributed by atoms with Crippen molar-refractivity contribution in [1.29, 1.82) is 0 Å². The molecule has 2 fully saturated rings. The van der Waals surface area contributed by atoms with Crippen molar-refractivity contribution >= 4 is 42.1 Å². The Labute approximate surface area is 173 Å². The summed E-state index contributed by atoms with van der Waals surface area (Å²) in [5.41, 5.74) is 7.67. The highest BCUT2D eigenvalue weighted by Gasteiger charge is 2.34. The van der Waals surface area contributed by atoms with Crippen LogP contribution in [-0.4, -0.2) is 72.5 Å². The van der Waals surface area contributed by atoms with Crippen LogP contribution < -0.4 is 5.73 Å². The quantitative estimate of drug-likeness (QED) is 0.808. The Kier molecular flexibility index (Phi) is 9.33. The van der Waals surface area contributed by atoms with Crippen LogP contribution in [0.25, 0.3) is 0 Å². The number of rotatable bonds is 4. The van der Waals surface area contributed by atoms with Gasteiger partial charge < -0.3 is 10.6 Å². The highest BCUT2D eigenvalue weighted by atomic mass is 35.5. The maximum absolute atomic E-state index is 12.6. The maximum atomic E-state index is 12.6. The molecule has 5 nitrogen and oxygen atoms in total. The molecular weight excluding hydrogens is 391 g/mol. The molecule has 0 aliphatic carbocycles. The summed E-state index contributed by atoms with van der Waals surface area (Å²) in [5, 5.41) is 4.33. The highest BCUT2D eigenvalue weighted by Crippen LogP contribution is 2.27. The molecule has 1 aromatic heterocycles. The lowest BCUT2D eigenvalue weighted by molar-refractivity contribution is -0.135. The van der Waals surface area contributed by atoms with E-state index in [0.29, 0.717) is 6.54 Å². The Morgan fingerprint density at radius 3 is 2.46 bits per heavy atom. The Bertz CT molecular complexity index is 547. The molecule has 1 unspecified atom stereocenters. The van der Waals surface area contributed by atoms with Crippen LogP contribution in [0.1, 0.15) is 25.8 Å². The van der Waals surface area contributed by atoms with Crippen molar-refractivity contribution in [2.24, 2.45) is 11.1 Å². The second-order valence-corrected chi connectivity index (χ2v) is 8.66. The number of carbonyl (C=O) groups is 1. The van der Waals surface area contributed by atoms with Crippen LogP contribution >= 0.6 is 36.2 Å². The van der Waals surface area contributed by atoms with Gasteiger partial charge in [0, 0.05) is 51.9 Å². The van der Waals surface area contributed by atoms with Crippen molar-refractivity contribution in [2.45, 2.75) is 32.9 Å². The van der Waals surface area contributed by atoms with E-state index in [1.54, 1.807) is 11.3 Å². The molecule has 2 aliphatic rings. The van der Waals surface area contributed by atoms with Crippen LogP contribution in [0.4, 0.5) is 0 Å². The Morgan fingerprint density at radius 2 is 1.88 bits per heavy atom. The summed E-state index contributed by atoms with van der Waals surface area (Å²) in [6, 6.07) is 2.43. The third-order valence-electron chi connectivity index (χ3n) is 5.46. The fourth-order valence-electron chi connectivity index (χ4n) is 3.71. The van der Waals surface area contributed by atoms with Crippen LogP contribution in [0.2, 0.25) is 0 Å². The molecule has 2 N–H and O–H groups in total. The number of hydrogen-bond donors (Lipinski definition) is 1. The number of piperazine rings is 1. The zero-order valence-electron chi connectivity index (χ0n) is 15.7. The van der Waals surface area contributed by atoms with Gasteiger partial charge in [-0.3, -0.25) is 14.6 Å². The molecule has 2 aliphatic heterocycles. The third kappa shape index (κ3) is 6.08. The molecule has 0 bridgehead atoms. The summed E-state index contributed by atoms with van der Waals surface area (Å²) in [6.45, 7) is 11.4. The normalized spacial score (nSPS) is 23.8. The van der Waals surface area contributed by atoms with Gasteiger partial charge in [0.2, 0.25) is 5.91 Å². The summed E-state index contributed by atoms with van der Waals surface area (Å²) < 4.78 is 0. The maximum Gasteiger partial charge on any atom is 0.236 e. The van der Waals surface area contributed by atoms with Crippen LogP contribution in [0.15, 0.2) is 16.8 Å². The summed E-state index contributed by atoms with van der Waals surface area (Å²) >= 11 is 1.75. The van der Waals surface area contributed by atoms with Gasteiger partial charge in [-0.05, 0) is 34.2 Å². The zero-order chi connectivity index (χ0) is 17.2. The number of carbonyl (C=O) groups excluding carboxylic acids is 1. The summed E-state index contributed by atoms with van der Waals surface area (Å²) in [6.07, 6.45) is 0.981.